The van der Waals surface area contributed by atoms with Gasteiger partial charge in [0.25, 0.3) is 0 Å². The van der Waals surface area contributed by atoms with Crippen LogP contribution < -0.4 is 5.32 Å². The second kappa shape index (κ2) is 11.0. The topological polar surface area (TPSA) is 127 Å². The monoisotopic (exact) mass is 493 g/mol. The van der Waals surface area contributed by atoms with Crippen molar-refractivity contribution in [1.29, 1.82) is 0 Å². The van der Waals surface area contributed by atoms with Gasteiger partial charge >= 0.3 is 12.0 Å². The van der Waals surface area contributed by atoms with E-state index in [1.165, 1.54) is 26.1 Å². The van der Waals surface area contributed by atoms with Crippen LogP contribution in [0.2, 0.25) is 0 Å². The number of aliphatic carboxylic acids is 1. The third-order valence-electron chi connectivity index (χ3n) is 6.16. The van der Waals surface area contributed by atoms with Gasteiger partial charge in [-0.05, 0) is 24.1 Å². The third kappa shape index (κ3) is 5.34. The normalized spacial score (nSPS) is 20.1. The number of hydrazine groups is 1. The number of hydrogen-bond donors (Lipinski definition) is 2. The molecule has 1 aromatic heterocycles. The first kappa shape index (κ1) is 24.8. The van der Waals surface area contributed by atoms with Crippen LogP contribution in [0.3, 0.4) is 0 Å². The van der Waals surface area contributed by atoms with E-state index in [0.29, 0.717) is 5.76 Å². The molecule has 0 unspecified atom stereocenters. The highest BCUT2D eigenvalue weighted by Crippen LogP contribution is 2.29. The molecule has 2 fully saturated rings. The maximum absolute atomic E-state index is 13.4. The molecule has 0 radical (unpaired) electrons. The van der Waals surface area contributed by atoms with Gasteiger partial charge in [-0.3, -0.25) is 14.4 Å². The van der Waals surface area contributed by atoms with Gasteiger partial charge in [-0.1, -0.05) is 36.3 Å². The lowest BCUT2D eigenvalue weighted by molar-refractivity contribution is -0.190. The minimum atomic E-state index is -1.08. The maximum Gasteiger partial charge on any atom is 0.334 e. The zero-order chi connectivity index (χ0) is 25.7. The number of rotatable bonds is 8. The molecule has 2 aliphatic rings. The van der Waals surface area contributed by atoms with E-state index in [1.807, 2.05) is 30.3 Å². The lowest BCUT2D eigenvalue weighted by atomic mass is 10.0. The first-order valence-electron chi connectivity index (χ1n) is 11.5. The first-order chi connectivity index (χ1) is 17.4. The molecule has 2 saturated heterocycles. The highest BCUT2D eigenvalue weighted by Gasteiger charge is 2.51. The molecule has 2 N–H and O–H groups in total. The molecule has 36 heavy (non-hydrogen) atoms. The van der Waals surface area contributed by atoms with E-state index < -0.39 is 36.0 Å². The van der Waals surface area contributed by atoms with Crippen LogP contribution in [-0.4, -0.2) is 80.6 Å². The number of benzene rings is 1. The van der Waals surface area contributed by atoms with Gasteiger partial charge in [0.1, 0.15) is 18.0 Å². The molecule has 2 atom stereocenters. The zero-order valence-electron chi connectivity index (χ0n) is 19.6. The Labute approximate surface area is 208 Å². The first-order valence-corrected chi connectivity index (χ1v) is 11.5. The molecule has 0 bridgehead atoms. The van der Waals surface area contributed by atoms with Gasteiger partial charge in [0.15, 0.2) is 0 Å². The minimum Gasteiger partial charge on any atom is -0.481 e. The number of terminal acetylenes is 1. The highest BCUT2D eigenvalue weighted by atomic mass is 16.4. The van der Waals surface area contributed by atoms with Crippen LogP contribution in [0.5, 0.6) is 0 Å². The van der Waals surface area contributed by atoms with Gasteiger partial charge in [-0.15, -0.1) is 6.42 Å². The number of piperazine rings is 1. The predicted molar refractivity (Wildman–Crippen MR) is 126 cm³/mol. The second-order valence-electron chi connectivity index (χ2n) is 8.54. The molecule has 0 aliphatic carbocycles. The fourth-order valence-electron chi connectivity index (χ4n) is 4.56. The Bertz CT molecular complexity index is 1150. The molecule has 11 nitrogen and oxygen atoms in total. The Morgan fingerprint density at radius 1 is 1.17 bits per heavy atom. The van der Waals surface area contributed by atoms with Crippen molar-refractivity contribution in [3.8, 4) is 12.3 Å². The molecule has 0 saturated carbocycles. The third-order valence-corrected chi connectivity index (χ3v) is 6.16. The standard InChI is InChI=1S/C25H27N5O6/c1-2-12-28-17-22(31)29-20(10-11-23(32)33)24(34)27(15-19-9-6-13-36-19)16-21(29)30(28)25(35)26-14-18-7-4-3-5-8-18/h1,3-9,13,20-21H,10-12,14-17H2,(H,26,35)(H,32,33)/t20-,21-/m0/s1. The number of fused-ring (bicyclic) bond motifs is 1. The van der Waals surface area contributed by atoms with Gasteiger partial charge in [0, 0.05) is 13.0 Å². The molecule has 4 amide bonds. The van der Waals surface area contributed by atoms with Crippen molar-refractivity contribution in [2.75, 3.05) is 19.6 Å². The highest BCUT2D eigenvalue weighted by molar-refractivity contribution is 5.91. The van der Waals surface area contributed by atoms with Gasteiger partial charge in [-0.25, -0.2) is 9.80 Å². The van der Waals surface area contributed by atoms with Crippen molar-refractivity contribution in [1.82, 2.24) is 25.1 Å². The predicted octanol–water partition coefficient (Wildman–Crippen LogP) is 1.09. The number of carboxylic acid groups (broad SMARTS) is 1. The van der Waals surface area contributed by atoms with E-state index in [0.717, 1.165) is 5.56 Å². The molecule has 3 heterocycles. The largest absolute Gasteiger partial charge is 0.481 e. The quantitative estimate of drug-likeness (QED) is 0.527. The molecule has 1 aromatic carbocycles. The molecule has 0 spiro atoms. The fourth-order valence-corrected chi connectivity index (χ4v) is 4.56. The van der Waals surface area contributed by atoms with Gasteiger partial charge in [-0.2, -0.15) is 5.01 Å². The summed E-state index contributed by atoms with van der Waals surface area (Å²) in [6.07, 6.45) is 5.75. The maximum atomic E-state index is 13.4. The summed E-state index contributed by atoms with van der Waals surface area (Å²) in [5.41, 5.74) is 0.886. The SMILES string of the molecule is C#CCN1CC(=O)N2[C@@H](CCC(=O)O)C(=O)N(Cc3ccco3)C[C@@H]2N1C(=O)NCc1ccccc1. The summed E-state index contributed by atoms with van der Waals surface area (Å²) < 4.78 is 5.40. The Morgan fingerprint density at radius 2 is 1.94 bits per heavy atom. The lowest BCUT2D eigenvalue weighted by Crippen LogP contribution is -2.76. The number of furan rings is 1. The lowest BCUT2D eigenvalue weighted by Gasteiger charge is -2.54. The summed E-state index contributed by atoms with van der Waals surface area (Å²) in [5.74, 6) is 1.12. The van der Waals surface area contributed by atoms with Crippen molar-refractivity contribution >= 4 is 23.8 Å². The van der Waals surface area contributed by atoms with Crippen LogP contribution in [0, 0.1) is 12.3 Å². The van der Waals surface area contributed by atoms with Gasteiger partial charge in [0.05, 0.1) is 32.4 Å². The van der Waals surface area contributed by atoms with Crippen LogP contribution >= 0.6 is 0 Å². The Morgan fingerprint density at radius 3 is 2.61 bits per heavy atom. The molecular formula is C25H27N5O6. The van der Waals surface area contributed by atoms with E-state index in [-0.39, 0.29) is 45.6 Å². The van der Waals surface area contributed by atoms with Crippen LogP contribution in [-0.2, 0) is 27.5 Å². The van der Waals surface area contributed by atoms with Gasteiger partial charge in [0.2, 0.25) is 11.8 Å². The van der Waals surface area contributed by atoms with Gasteiger partial charge < -0.3 is 24.6 Å². The van der Waals surface area contributed by atoms with E-state index in [4.69, 9.17) is 10.8 Å². The van der Waals surface area contributed by atoms with E-state index in [2.05, 4.69) is 11.2 Å². The molecule has 2 aromatic rings. The summed E-state index contributed by atoms with van der Waals surface area (Å²) in [6.45, 7) is 0.157. The van der Waals surface area contributed by atoms with Crippen LogP contribution in [0.15, 0.2) is 53.1 Å². The van der Waals surface area contributed by atoms with Crippen molar-refractivity contribution in [3.63, 3.8) is 0 Å². The summed E-state index contributed by atoms with van der Waals surface area (Å²) in [4.78, 5) is 54.2. The molecule has 188 valence electrons. The number of urea groups is 1. The molecular weight excluding hydrogens is 466 g/mol. The van der Waals surface area contributed by atoms with Crippen molar-refractivity contribution in [2.45, 2.75) is 38.1 Å². The summed E-state index contributed by atoms with van der Waals surface area (Å²) in [7, 11) is 0. The van der Waals surface area contributed by atoms with Crippen molar-refractivity contribution in [2.24, 2.45) is 0 Å². The number of nitrogens with one attached hydrogen (secondary N) is 1. The van der Waals surface area contributed by atoms with Crippen LogP contribution in [0.25, 0.3) is 0 Å². The molecule has 11 heteroatoms. The second-order valence-corrected chi connectivity index (χ2v) is 8.54. The average Bonchev–Trinajstić information content (AvgIpc) is 3.37. The number of carbonyl (C=O) groups is 4. The smallest absolute Gasteiger partial charge is 0.334 e. The summed E-state index contributed by atoms with van der Waals surface area (Å²) in [5, 5.41) is 15.0. The van der Waals surface area contributed by atoms with Crippen molar-refractivity contribution in [3.05, 3.63) is 60.1 Å². The number of carbonyl (C=O) groups excluding carboxylic acids is 3. The number of hydrogen-bond acceptors (Lipinski definition) is 6. The fraction of sp³-hybridized carbons (Fsp3) is 0.360. The summed E-state index contributed by atoms with van der Waals surface area (Å²) >= 11 is 0. The molecule has 2 aliphatic heterocycles. The Hall–Kier alpha value is -4.30. The minimum absolute atomic E-state index is 0.000754. The average molecular weight is 494 g/mol. The van der Waals surface area contributed by atoms with E-state index in [1.54, 1.807) is 12.1 Å². The van der Waals surface area contributed by atoms with Crippen LogP contribution in [0.4, 0.5) is 4.79 Å². The number of carboxylic acids is 1. The van der Waals surface area contributed by atoms with Crippen LogP contribution in [0.1, 0.15) is 24.2 Å². The number of nitrogens with zero attached hydrogens (tertiary/aromatic N) is 4. The van der Waals surface area contributed by atoms with Crippen molar-refractivity contribution < 1.29 is 28.7 Å². The van der Waals surface area contributed by atoms with E-state index >= 15 is 0 Å². The summed E-state index contributed by atoms with van der Waals surface area (Å²) in [6, 6.07) is 11.2. The number of amides is 4. The zero-order valence-corrected chi connectivity index (χ0v) is 19.6. The molecule has 4 rings (SSSR count). The van der Waals surface area contributed by atoms with E-state index in [9.17, 15) is 24.3 Å². The Balaban J connectivity index is 1.64. The Kier molecular flexibility index (Phi) is 7.56.